The van der Waals surface area contributed by atoms with E-state index >= 15 is 0 Å². The Morgan fingerprint density at radius 2 is 1.95 bits per heavy atom. The molecule has 0 bridgehead atoms. The van der Waals surface area contributed by atoms with Gasteiger partial charge in [0, 0.05) is 32.2 Å². The molecule has 2 fully saturated rings. The third-order valence-electron chi connectivity index (χ3n) is 4.89. The van der Waals surface area contributed by atoms with Crippen molar-refractivity contribution in [3.05, 3.63) is 11.3 Å². The first-order valence-corrected chi connectivity index (χ1v) is 7.68. The Hall–Kier alpha value is -1.03. The molecule has 1 aliphatic carbocycles. The minimum Gasteiger partial charge on any atom is -0.356 e. The molecule has 2 heterocycles. The van der Waals surface area contributed by atoms with Crippen molar-refractivity contribution in [2.45, 2.75) is 39.7 Å². The molecule has 2 atom stereocenters. The molecule has 1 aliphatic heterocycles. The van der Waals surface area contributed by atoms with Gasteiger partial charge in [-0.15, -0.1) is 0 Å². The van der Waals surface area contributed by atoms with E-state index in [-0.39, 0.29) is 0 Å². The molecule has 2 unspecified atom stereocenters. The quantitative estimate of drug-likeness (QED) is 0.902. The largest absolute Gasteiger partial charge is 0.356 e. The van der Waals surface area contributed by atoms with E-state index in [9.17, 15) is 0 Å². The van der Waals surface area contributed by atoms with E-state index in [0.717, 1.165) is 24.9 Å². The van der Waals surface area contributed by atoms with E-state index in [2.05, 4.69) is 40.9 Å². The second kappa shape index (κ2) is 5.16. The molecule has 1 saturated heterocycles. The van der Waals surface area contributed by atoms with Crippen LogP contribution in [-0.4, -0.2) is 29.4 Å². The van der Waals surface area contributed by atoms with Crippen LogP contribution in [0, 0.1) is 18.8 Å². The van der Waals surface area contributed by atoms with Gasteiger partial charge >= 0.3 is 0 Å². The van der Waals surface area contributed by atoms with Gasteiger partial charge in [0.1, 0.15) is 5.82 Å². The van der Waals surface area contributed by atoms with Gasteiger partial charge in [0.05, 0.1) is 5.69 Å². The van der Waals surface area contributed by atoms with Gasteiger partial charge in [0.15, 0.2) is 0 Å². The van der Waals surface area contributed by atoms with Gasteiger partial charge in [0.25, 0.3) is 0 Å². The summed E-state index contributed by atoms with van der Waals surface area (Å²) in [5.41, 5.74) is 2.57. The van der Waals surface area contributed by atoms with Crippen LogP contribution in [0.2, 0.25) is 0 Å². The maximum Gasteiger partial charge on any atom is 0.131 e. The van der Waals surface area contributed by atoms with Crippen LogP contribution in [0.3, 0.4) is 0 Å². The maximum atomic E-state index is 4.64. The molecule has 1 aromatic heterocycles. The van der Waals surface area contributed by atoms with Crippen molar-refractivity contribution in [3.63, 3.8) is 0 Å². The number of fused-ring (bicyclic) bond motifs is 1. The van der Waals surface area contributed by atoms with Crippen LogP contribution in [0.4, 0.5) is 5.82 Å². The number of anilines is 1. The van der Waals surface area contributed by atoms with Gasteiger partial charge in [-0.25, -0.2) is 0 Å². The lowest BCUT2D eigenvalue weighted by molar-refractivity contribution is 0.494. The Morgan fingerprint density at radius 3 is 2.58 bits per heavy atom. The number of aromatic nitrogens is 2. The summed E-state index contributed by atoms with van der Waals surface area (Å²) in [7, 11) is 2.09. The average molecular weight is 262 g/mol. The highest BCUT2D eigenvalue weighted by atomic mass is 15.4. The van der Waals surface area contributed by atoms with Crippen molar-refractivity contribution in [1.82, 2.24) is 15.1 Å². The van der Waals surface area contributed by atoms with E-state index in [4.69, 9.17) is 0 Å². The Bertz CT molecular complexity index is 439. The smallest absolute Gasteiger partial charge is 0.131 e. The fourth-order valence-electron chi connectivity index (χ4n) is 3.95. The zero-order valence-corrected chi connectivity index (χ0v) is 12.4. The molecule has 1 aromatic rings. The van der Waals surface area contributed by atoms with Crippen LogP contribution in [-0.2, 0) is 13.6 Å². The molecular weight excluding hydrogens is 236 g/mol. The van der Waals surface area contributed by atoms with Crippen LogP contribution in [0.15, 0.2) is 0 Å². The summed E-state index contributed by atoms with van der Waals surface area (Å²) in [4.78, 5) is 2.58. The minimum absolute atomic E-state index is 0.933. The highest BCUT2D eigenvalue weighted by molar-refractivity contribution is 5.51. The van der Waals surface area contributed by atoms with Crippen molar-refractivity contribution in [3.8, 4) is 0 Å². The van der Waals surface area contributed by atoms with E-state index in [1.807, 2.05) is 0 Å². The van der Waals surface area contributed by atoms with Crippen LogP contribution in [0.1, 0.15) is 37.4 Å². The standard InChI is InChI=1S/C15H26N4/c1-4-16-8-14-11(2)17-18(3)15(14)19-9-12-6-5-7-13(12)10-19/h12-13,16H,4-10H2,1-3H3. The summed E-state index contributed by atoms with van der Waals surface area (Å²) >= 11 is 0. The van der Waals surface area contributed by atoms with E-state index in [1.165, 1.54) is 49.4 Å². The topological polar surface area (TPSA) is 33.1 Å². The number of rotatable bonds is 4. The summed E-state index contributed by atoms with van der Waals surface area (Å²) < 4.78 is 2.09. The average Bonchev–Trinajstić information content (AvgIpc) is 2.99. The minimum atomic E-state index is 0.933. The number of hydrogen-bond donors (Lipinski definition) is 1. The summed E-state index contributed by atoms with van der Waals surface area (Å²) in [6.45, 7) is 8.72. The lowest BCUT2D eigenvalue weighted by atomic mass is 10.0. The molecule has 4 heteroatoms. The molecule has 2 aliphatic rings. The second-order valence-corrected chi connectivity index (χ2v) is 6.15. The second-order valence-electron chi connectivity index (χ2n) is 6.15. The molecule has 3 rings (SSSR count). The monoisotopic (exact) mass is 262 g/mol. The third kappa shape index (κ3) is 2.27. The van der Waals surface area contributed by atoms with E-state index in [0.29, 0.717) is 0 Å². The van der Waals surface area contributed by atoms with Gasteiger partial charge in [-0.3, -0.25) is 4.68 Å². The number of hydrogen-bond acceptors (Lipinski definition) is 3. The molecule has 0 amide bonds. The van der Waals surface area contributed by atoms with E-state index < -0.39 is 0 Å². The van der Waals surface area contributed by atoms with Gasteiger partial charge in [-0.2, -0.15) is 5.10 Å². The van der Waals surface area contributed by atoms with Crippen LogP contribution in [0.5, 0.6) is 0 Å². The third-order valence-corrected chi connectivity index (χ3v) is 4.89. The molecule has 0 spiro atoms. The lowest BCUT2D eigenvalue weighted by Crippen LogP contribution is -2.25. The first-order chi connectivity index (χ1) is 9.20. The van der Waals surface area contributed by atoms with Crippen LogP contribution in [0.25, 0.3) is 0 Å². The number of nitrogens with one attached hydrogen (secondary N) is 1. The van der Waals surface area contributed by atoms with Gasteiger partial charge in [-0.1, -0.05) is 13.3 Å². The van der Waals surface area contributed by atoms with Crippen molar-refractivity contribution < 1.29 is 0 Å². The molecule has 4 nitrogen and oxygen atoms in total. The zero-order valence-electron chi connectivity index (χ0n) is 12.4. The molecule has 0 aromatic carbocycles. The highest BCUT2D eigenvalue weighted by Crippen LogP contribution is 2.40. The van der Waals surface area contributed by atoms with Crippen molar-refractivity contribution >= 4 is 5.82 Å². The zero-order chi connectivity index (χ0) is 13.4. The Morgan fingerprint density at radius 1 is 1.26 bits per heavy atom. The van der Waals surface area contributed by atoms with Gasteiger partial charge < -0.3 is 10.2 Å². The van der Waals surface area contributed by atoms with Crippen molar-refractivity contribution in [1.29, 1.82) is 0 Å². The summed E-state index contributed by atoms with van der Waals surface area (Å²) in [6, 6.07) is 0. The molecular formula is C15H26N4. The molecule has 1 saturated carbocycles. The molecule has 106 valence electrons. The normalized spacial score (nSPS) is 26.2. The highest BCUT2D eigenvalue weighted by Gasteiger charge is 2.37. The summed E-state index contributed by atoms with van der Waals surface area (Å²) in [5.74, 6) is 3.22. The predicted octanol–water partition coefficient (Wildman–Crippen LogP) is 2.07. The van der Waals surface area contributed by atoms with Crippen LogP contribution >= 0.6 is 0 Å². The lowest BCUT2D eigenvalue weighted by Gasteiger charge is -2.21. The first-order valence-electron chi connectivity index (χ1n) is 7.68. The molecule has 19 heavy (non-hydrogen) atoms. The summed E-state index contributed by atoms with van der Waals surface area (Å²) in [5, 5.41) is 8.09. The fourth-order valence-corrected chi connectivity index (χ4v) is 3.95. The van der Waals surface area contributed by atoms with Gasteiger partial charge in [0.2, 0.25) is 0 Å². The first kappa shape index (κ1) is 13.0. The van der Waals surface area contributed by atoms with Crippen LogP contribution < -0.4 is 10.2 Å². The summed E-state index contributed by atoms with van der Waals surface area (Å²) in [6.07, 6.45) is 4.30. The van der Waals surface area contributed by atoms with Crippen molar-refractivity contribution in [2.24, 2.45) is 18.9 Å². The van der Waals surface area contributed by atoms with E-state index in [1.54, 1.807) is 0 Å². The Balaban J connectivity index is 1.83. The van der Waals surface area contributed by atoms with Gasteiger partial charge in [-0.05, 0) is 38.1 Å². The fraction of sp³-hybridized carbons (Fsp3) is 0.800. The molecule has 1 N–H and O–H groups in total. The van der Waals surface area contributed by atoms with Crippen molar-refractivity contribution in [2.75, 3.05) is 24.5 Å². The Kier molecular flexibility index (Phi) is 3.52. The molecule has 0 radical (unpaired) electrons. The maximum absolute atomic E-state index is 4.64. The number of aryl methyl sites for hydroxylation is 2. The predicted molar refractivity (Wildman–Crippen MR) is 78.4 cm³/mol. The number of nitrogens with zero attached hydrogens (tertiary/aromatic N) is 3. The SMILES string of the molecule is CCNCc1c(C)nn(C)c1N1CC2CCCC2C1. The Labute approximate surface area is 116 Å².